The van der Waals surface area contributed by atoms with Gasteiger partial charge in [0.1, 0.15) is 0 Å². The van der Waals surface area contributed by atoms with Gasteiger partial charge < -0.3 is 9.47 Å². The fraction of sp³-hybridized carbons (Fsp3) is 0.727. The Morgan fingerprint density at radius 1 is 1.43 bits per heavy atom. The zero-order valence-corrected chi connectivity index (χ0v) is 9.11. The molecular weight excluding hydrogens is 174 g/mol. The largest absolute Gasteiger partial charge is 0.331 e. The van der Waals surface area contributed by atoms with E-state index in [0.29, 0.717) is 6.04 Å². The summed E-state index contributed by atoms with van der Waals surface area (Å²) >= 11 is 0. The molecule has 1 aliphatic rings. The second-order valence-corrected chi connectivity index (χ2v) is 4.18. The summed E-state index contributed by atoms with van der Waals surface area (Å²) in [6, 6.07) is 0.684. The molecule has 0 radical (unpaired) electrons. The number of piperidine rings is 1. The van der Waals surface area contributed by atoms with Crippen molar-refractivity contribution in [2.24, 2.45) is 0 Å². The number of imidazole rings is 1. The highest BCUT2D eigenvalue weighted by molar-refractivity contribution is 5.00. The smallest absolute Gasteiger partial charge is 0.0950 e. The van der Waals surface area contributed by atoms with Crippen LogP contribution in [-0.2, 0) is 6.42 Å². The predicted octanol–water partition coefficient (Wildman–Crippen LogP) is 1.71. The maximum Gasteiger partial charge on any atom is 0.0950 e. The van der Waals surface area contributed by atoms with Crippen molar-refractivity contribution in [2.45, 2.75) is 32.2 Å². The first kappa shape index (κ1) is 9.71. The Labute approximate surface area is 85.7 Å². The minimum atomic E-state index is 0.684. The van der Waals surface area contributed by atoms with Crippen LogP contribution in [-0.4, -0.2) is 34.6 Å². The Kier molecular flexibility index (Phi) is 2.87. The predicted molar refractivity (Wildman–Crippen MR) is 57.4 cm³/mol. The maximum atomic E-state index is 4.24. The van der Waals surface area contributed by atoms with Gasteiger partial charge in [-0.25, -0.2) is 4.98 Å². The van der Waals surface area contributed by atoms with E-state index in [4.69, 9.17) is 0 Å². The summed E-state index contributed by atoms with van der Waals surface area (Å²) in [6.07, 6.45) is 7.61. The van der Waals surface area contributed by atoms with E-state index in [0.717, 1.165) is 6.42 Å². The molecule has 1 aromatic heterocycles. The van der Waals surface area contributed by atoms with Crippen LogP contribution in [0, 0.1) is 0 Å². The van der Waals surface area contributed by atoms with Crippen LogP contribution < -0.4 is 0 Å². The van der Waals surface area contributed by atoms with E-state index in [9.17, 15) is 0 Å². The molecule has 0 aromatic carbocycles. The molecule has 0 unspecified atom stereocenters. The molecule has 78 valence electrons. The van der Waals surface area contributed by atoms with Crippen LogP contribution in [0.5, 0.6) is 0 Å². The van der Waals surface area contributed by atoms with Crippen molar-refractivity contribution in [3.8, 4) is 0 Å². The van der Waals surface area contributed by atoms with E-state index in [1.54, 1.807) is 0 Å². The molecule has 1 fully saturated rings. The lowest BCUT2D eigenvalue weighted by Gasteiger charge is -2.30. The molecule has 0 amide bonds. The monoisotopic (exact) mass is 193 g/mol. The zero-order valence-electron chi connectivity index (χ0n) is 9.11. The molecular formula is C11H19N3. The molecule has 2 heterocycles. The van der Waals surface area contributed by atoms with Crippen molar-refractivity contribution in [1.29, 1.82) is 0 Å². The fourth-order valence-electron chi connectivity index (χ4n) is 2.21. The van der Waals surface area contributed by atoms with Gasteiger partial charge in [-0.3, -0.25) is 0 Å². The summed E-state index contributed by atoms with van der Waals surface area (Å²) in [5, 5.41) is 0. The third-order valence-electron chi connectivity index (χ3n) is 3.19. The standard InChI is InChI=1S/C11H19N3/c1-3-10-8-12-9-14(10)11-4-6-13(2)7-5-11/h8-9,11H,3-7H2,1-2H3. The van der Waals surface area contributed by atoms with Gasteiger partial charge in [-0.05, 0) is 39.4 Å². The van der Waals surface area contributed by atoms with Gasteiger partial charge in [0.05, 0.1) is 6.33 Å². The highest BCUT2D eigenvalue weighted by atomic mass is 15.1. The van der Waals surface area contributed by atoms with Crippen LogP contribution in [0.1, 0.15) is 31.5 Å². The highest BCUT2D eigenvalue weighted by Crippen LogP contribution is 2.23. The van der Waals surface area contributed by atoms with Gasteiger partial charge in [-0.15, -0.1) is 0 Å². The second-order valence-electron chi connectivity index (χ2n) is 4.18. The van der Waals surface area contributed by atoms with E-state index in [1.165, 1.54) is 31.6 Å². The molecule has 0 aliphatic carbocycles. The average molecular weight is 193 g/mol. The number of likely N-dealkylation sites (tertiary alicyclic amines) is 1. The van der Waals surface area contributed by atoms with Crippen LogP contribution in [0.2, 0.25) is 0 Å². The van der Waals surface area contributed by atoms with Crippen molar-refractivity contribution in [3.63, 3.8) is 0 Å². The topological polar surface area (TPSA) is 21.1 Å². The minimum Gasteiger partial charge on any atom is -0.331 e. The summed E-state index contributed by atoms with van der Waals surface area (Å²) < 4.78 is 2.37. The number of aryl methyl sites for hydroxylation is 1. The van der Waals surface area contributed by atoms with Crippen molar-refractivity contribution < 1.29 is 0 Å². The summed E-state index contributed by atoms with van der Waals surface area (Å²) in [5.74, 6) is 0. The molecule has 0 saturated carbocycles. The van der Waals surface area contributed by atoms with E-state index < -0.39 is 0 Å². The molecule has 0 atom stereocenters. The summed E-state index contributed by atoms with van der Waals surface area (Å²) in [4.78, 5) is 6.64. The number of hydrogen-bond donors (Lipinski definition) is 0. The van der Waals surface area contributed by atoms with Crippen molar-refractivity contribution >= 4 is 0 Å². The Morgan fingerprint density at radius 2 is 2.14 bits per heavy atom. The molecule has 0 spiro atoms. The van der Waals surface area contributed by atoms with Gasteiger partial charge >= 0.3 is 0 Å². The lowest BCUT2D eigenvalue weighted by molar-refractivity contribution is 0.219. The van der Waals surface area contributed by atoms with Crippen LogP contribution in [0.4, 0.5) is 0 Å². The van der Waals surface area contributed by atoms with E-state index >= 15 is 0 Å². The average Bonchev–Trinajstić information content (AvgIpc) is 2.67. The maximum absolute atomic E-state index is 4.24. The Balaban J connectivity index is 2.08. The lowest BCUT2D eigenvalue weighted by atomic mass is 10.1. The molecule has 1 aromatic rings. The SMILES string of the molecule is CCc1cncn1C1CCN(C)CC1. The second kappa shape index (κ2) is 4.13. The minimum absolute atomic E-state index is 0.684. The van der Waals surface area contributed by atoms with E-state index in [1.807, 2.05) is 12.5 Å². The van der Waals surface area contributed by atoms with Gasteiger partial charge in [-0.2, -0.15) is 0 Å². The zero-order chi connectivity index (χ0) is 9.97. The van der Waals surface area contributed by atoms with Crippen LogP contribution in [0.15, 0.2) is 12.5 Å². The number of aromatic nitrogens is 2. The third-order valence-corrected chi connectivity index (χ3v) is 3.19. The third kappa shape index (κ3) is 1.82. The Hall–Kier alpha value is -0.830. The molecule has 3 heteroatoms. The summed E-state index contributed by atoms with van der Waals surface area (Å²) in [6.45, 7) is 4.63. The molecule has 1 aliphatic heterocycles. The summed E-state index contributed by atoms with van der Waals surface area (Å²) in [7, 11) is 2.20. The van der Waals surface area contributed by atoms with Gasteiger partial charge in [0.15, 0.2) is 0 Å². The van der Waals surface area contributed by atoms with Gasteiger partial charge in [0.25, 0.3) is 0 Å². The highest BCUT2D eigenvalue weighted by Gasteiger charge is 2.19. The fourth-order valence-corrected chi connectivity index (χ4v) is 2.21. The van der Waals surface area contributed by atoms with E-state index in [2.05, 4.69) is 28.4 Å². The molecule has 2 rings (SSSR count). The molecule has 3 nitrogen and oxygen atoms in total. The number of rotatable bonds is 2. The van der Waals surface area contributed by atoms with E-state index in [-0.39, 0.29) is 0 Å². The molecule has 1 saturated heterocycles. The van der Waals surface area contributed by atoms with Gasteiger partial charge in [0, 0.05) is 17.9 Å². The van der Waals surface area contributed by atoms with Crippen molar-refractivity contribution in [1.82, 2.24) is 14.5 Å². The van der Waals surface area contributed by atoms with Crippen LogP contribution in [0.3, 0.4) is 0 Å². The van der Waals surface area contributed by atoms with Gasteiger partial charge in [0.2, 0.25) is 0 Å². The Morgan fingerprint density at radius 3 is 2.79 bits per heavy atom. The normalized spacial score (nSPS) is 20.1. The first-order valence-corrected chi connectivity index (χ1v) is 5.50. The lowest BCUT2D eigenvalue weighted by Crippen LogP contribution is -2.31. The number of hydrogen-bond acceptors (Lipinski definition) is 2. The summed E-state index contributed by atoms with van der Waals surface area (Å²) in [5.41, 5.74) is 1.37. The molecule has 0 N–H and O–H groups in total. The van der Waals surface area contributed by atoms with Crippen LogP contribution in [0.25, 0.3) is 0 Å². The molecule has 0 bridgehead atoms. The van der Waals surface area contributed by atoms with Crippen molar-refractivity contribution in [3.05, 3.63) is 18.2 Å². The first-order chi connectivity index (χ1) is 6.81. The van der Waals surface area contributed by atoms with Crippen molar-refractivity contribution in [2.75, 3.05) is 20.1 Å². The molecule has 14 heavy (non-hydrogen) atoms. The quantitative estimate of drug-likeness (QED) is 0.713. The number of nitrogens with zero attached hydrogens (tertiary/aromatic N) is 3. The van der Waals surface area contributed by atoms with Gasteiger partial charge in [-0.1, -0.05) is 6.92 Å². The first-order valence-electron chi connectivity index (χ1n) is 5.50. The Bertz CT molecular complexity index is 284. The van der Waals surface area contributed by atoms with Crippen LogP contribution >= 0.6 is 0 Å².